The lowest BCUT2D eigenvalue weighted by molar-refractivity contribution is 0.0507. The zero-order valence-electron chi connectivity index (χ0n) is 11.7. The number of halogens is 1. The fourth-order valence-electron chi connectivity index (χ4n) is 2.47. The number of aliphatic hydroxyl groups is 1. The van der Waals surface area contributed by atoms with Gasteiger partial charge < -0.3 is 15.3 Å². The van der Waals surface area contributed by atoms with Crippen molar-refractivity contribution in [1.82, 2.24) is 10.2 Å². The minimum absolute atomic E-state index is 0.275. The molecule has 1 aromatic carbocycles. The summed E-state index contributed by atoms with van der Waals surface area (Å²) in [5.74, 6) is -0.275. The van der Waals surface area contributed by atoms with Crippen LogP contribution in [-0.4, -0.2) is 42.7 Å². The molecule has 1 saturated heterocycles. The van der Waals surface area contributed by atoms with Crippen LogP contribution in [-0.2, 0) is 5.60 Å². The Kier molecular flexibility index (Phi) is 4.55. The van der Waals surface area contributed by atoms with Crippen LogP contribution >= 0.6 is 0 Å². The predicted octanol–water partition coefficient (Wildman–Crippen LogP) is 1.72. The van der Waals surface area contributed by atoms with E-state index in [1.165, 1.54) is 12.1 Å². The van der Waals surface area contributed by atoms with E-state index in [0.717, 1.165) is 31.5 Å². The van der Waals surface area contributed by atoms with Gasteiger partial charge in [0.2, 0.25) is 0 Å². The van der Waals surface area contributed by atoms with Crippen molar-refractivity contribution in [3.05, 3.63) is 35.6 Å². The highest BCUT2D eigenvalue weighted by Gasteiger charge is 2.25. The summed E-state index contributed by atoms with van der Waals surface area (Å²) in [6.45, 7) is 4.45. The first-order valence-electron chi connectivity index (χ1n) is 6.88. The number of piperidine rings is 1. The molecule has 1 aliphatic heterocycles. The minimum atomic E-state index is -0.961. The summed E-state index contributed by atoms with van der Waals surface area (Å²) < 4.78 is 12.9. The van der Waals surface area contributed by atoms with Crippen molar-refractivity contribution < 1.29 is 9.50 Å². The molecule has 1 atom stereocenters. The maximum absolute atomic E-state index is 12.9. The highest BCUT2D eigenvalue weighted by atomic mass is 19.1. The molecule has 4 heteroatoms. The molecule has 2 N–H and O–H groups in total. The van der Waals surface area contributed by atoms with Crippen molar-refractivity contribution in [3.8, 4) is 0 Å². The summed E-state index contributed by atoms with van der Waals surface area (Å²) in [6.07, 6.45) is 2.21. The van der Waals surface area contributed by atoms with Crippen LogP contribution in [0.2, 0.25) is 0 Å². The first-order valence-corrected chi connectivity index (χ1v) is 6.88. The van der Waals surface area contributed by atoms with Gasteiger partial charge in [-0.1, -0.05) is 12.1 Å². The lowest BCUT2D eigenvalue weighted by Gasteiger charge is -2.32. The quantitative estimate of drug-likeness (QED) is 0.871. The molecular weight excluding hydrogens is 243 g/mol. The second-order valence-corrected chi connectivity index (χ2v) is 5.74. The van der Waals surface area contributed by atoms with E-state index in [4.69, 9.17) is 0 Å². The molecule has 0 radical (unpaired) electrons. The first-order chi connectivity index (χ1) is 8.97. The molecule has 0 bridgehead atoms. The average molecular weight is 266 g/mol. The number of benzene rings is 1. The SMILES string of the molecule is CN1CCC(NCC(C)(O)c2ccc(F)cc2)CC1. The van der Waals surface area contributed by atoms with Gasteiger partial charge in [-0.2, -0.15) is 0 Å². The van der Waals surface area contributed by atoms with Crippen molar-refractivity contribution in [2.45, 2.75) is 31.4 Å². The molecule has 0 aliphatic carbocycles. The Balaban J connectivity index is 1.88. The first kappa shape index (κ1) is 14.4. The van der Waals surface area contributed by atoms with Crippen LogP contribution < -0.4 is 5.32 Å². The van der Waals surface area contributed by atoms with E-state index in [1.807, 2.05) is 0 Å². The molecule has 1 unspecified atom stereocenters. The molecule has 0 aromatic heterocycles. The fourth-order valence-corrected chi connectivity index (χ4v) is 2.47. The highest BCUT2D eigenvalue weighted by Crippen LogP contribution is 2.20. The van der Waals surface area contributed by atoms with Gasteiger partial charge in [-0.3, -0.25) is 0 Å². The molecule has 2 rings (SSSR count). The Morgan fingerprint density at radius 2 is 1.89 bits per heavy atom. The third kappa shape index (κ3) is 4.00. The maximum atomic E-state index is 12.9. The Hall–Kier alpha value is -0.970. The monoisotopic (exact) mass is 266 g/mol. The molecule has 1 aliphatic rings. The van der Waals surface area contributed by atoms with Crippen molar-refractivity contribution in [2.24, 2.45) is 0 Å². The number of hydrogen-bond donors (Lipinski definition) is 2. The lowest BCUT2D eigenvalue weighted by atomic mass is 9.95. The molecule has 1 aromatic rings. The number of hydrogen-bond acceptors (Lipinski definition) is 3. The van der Waals surface area contributed by atoms with Crippen LogP contribution in [0.5, 0.6) is 0 Å². The number of rotatable bonds is 4. The summed E-state index contributed by atoms with van der Waals surface area (Å²) in [5, 5.41) is 13.9. The van der Waals surface area contributed by atoms with Crippen LogP contribution in [0.25, 0.3) is 0 Å². The van der Waals surface area contributed by atoms with E-state index in [-0.39, 0.29) is 5.82 Å². The maximum Gasteiger partial charge on any atom is 0.123 e. The van der Waals surface area contributed by atoms with E-state index in [9.17, 15) is 9.50 Å². The van der Waals surface area contributed by atoms with E-state index in [2.05, 4.69) is 17.3 Å². The lowest BCUT2D eigenvalue weighted by Crippen LogP contribution is -2.45. The fraction of sp³-hybridized carbons (Fsp3) is 0.600. The van der Waals surface area contributed by atoms with Crippen molar-refractivity contribution in [1.29, 1.82) is 0 Å². The Bertz CT molecular complexity index is 397. The van der Waals surface area contributed by atoms with Gasteiger partial charge in [0.15, 0.2) is 0 Å². The Morgan fingerprint density at radius 3 is 2.47 bits per heavy atom. The highest BCUT2D eigenvalue weighted by molar-refractivity contribution is 5.22. The zero-order chi connectivity index (χ0) is 13.9. The standard InChI is InChI=1S/C15H23FN2O/c1-15(19,12-3-5-13(16)6-4-12)11-17-14-7-9-18(2)10-8-14/h3-6,14,17,19H,7-11H2,1-2H3. The molecule has 1 fully saturated rings. The van der Waals surface area contributed by atoms with E-state index in [0.29, 0.717) is 12.6 Å². The van der Waals surface area contributed by atoms with Crippen molar-refractivity contribution in [3.63, 3.8) is 0 Å². The van der Waals surface area contributed by atoms with Crippen LogP contribution in [0.4, 0.5) is 4.39 Å². The average Bonchev–Trinajstić information content (AvgIpc) is 2.39. The molecule has 0 amide bonds. The van der Waals surface area contributed by atoms with Gasteiger partial charge in [-0.25, -0.2) is 4.39 Å². The topological polar surface area (TPSA) is 35.5 Å². The number of nitrogens with zero attached hydrogens (tertiary/aromatic N) is 1. The molecule has 0 spiro atoms. The van der Waals surface area contributed by atoms with Gasteiger partial charge in [0.1, 0.15) is 5.82 Å². The predicted molar refractivity (Wildman–Crippen MR) is 74.5 cm³/mol. The summed E-state index contributed by atoms with van der Waals surface area (Å²) >= 11 is 0. The molecule has 1 heterocycles. The van der Waals surface area contributed by atoms with Gasteiger partial charge in [0, 0.05) is 12.6 Å². The number of nitrogens with one attached hydrogen (secondary N) is 1. The minimum Gasteiger partial charge on any atom is -0.384 e. The van der Waals surface area contributed by atoms with E-state index in [1.54, 1.807) is 19.1 Å². The number of likely N-dealkylation sites (tertiary alicyclic amines) is 1. The van der Waals surface area contributed by atoms with Gasteiger partial charge in [-0.05, 0) is 57.6 Å². The Labute approximate surface area is 114 Å². The summed E-state index contributed by atoms with van der Waals surface area (Å²) in [5.41, 5.74) is -0.217. The van der Waals surface area contributed by atoms with Crippen LogP contribution in [0.3, 0.4) is 0 Å². The molecule has 0 saturated carbocycles. The summed E-state index contributed by atoms with van der Waals surface area (Å²) in [4.78, 5) is 2.32. The van der Waals surface area contributed by atoms with Gasteiger partial charge in [-0.15, -0.1) is 0 Å². The zero-order valence-corrected chi connectivity index (χ0v) is 11.7. The summed E-state index contributed by atoms with van der Waals surface area (Å²) in [6, 6.07) is 6.53. The Morgan fingerprint density at radius 1 is 1.32 bits per heavy atom. The van der Waals surface area contributed by atoms with E-state index < -0.39 is 5.60 Å². The second kappa shape index (κ2) is 5.99. The van der Waals surface area contributed by atoms with Crippen LogP contribution in [0.15, 0.2) is 24.3 Å². The smallest absolute Gasteiger partial charge is 0.123 e. The normalized spacial score (nSPS) is 21.3. The second-order valence-electron chi connectivity index (χ2n) is 5.74. The van der Waals surface area contributed by atoms with Gasteiger partial charge in [0.05, 0.1) is 5.60 Å². The third-order valence-corrected chi connectivity index (χ3v) is 3.92. The molecule has 3 nitrogen and oxygen atoms in total. The van der Waals surface area contributed by atoms with Crippen molar-refractivity contribution >= 4 is 0 Å². The van der Waals surface area contributed by atoms with Crippen LogP contribution in [0.1, 0.15) is 25.3 Å². The van der Waals surface area contributed by atoms with Crippen LogP contribution in [0, 0.1) is 5.82 Å². The molecule has 106 valence electrons. The summed E-state index contributed by atoms with van der Waals surface area (Å²) in [7, 11) is 2.13. The van der Waals surface area contributed by atoms with Crippen molar-refractivity contribution in [2.75, 3.05) is 26.7 Å². The molecular formula is C15H23FN2O. The largest absolute Gasteiger partial charge is 0.384 e. The molecule has 19 heavy (non-hydrogen) atoms. The van der Waals surface area contributed by atoms with Gasteiger partial charge in [0.25, 0.3) is 0 Å². The third-order valence-electron chi connectivity index (χ3n) is 3.92. The van der Waals surface area contributed by atoms with E-state index >= 15 is 0 Å². The van der Waals surface area contributed by atoms with Gasteiger partial charge >= 0.3 is 0 Å².